The number of urea groups is 1. The second kappa shape index (κ2) is 15.6. The van der Waals surface area contributed by atoms with E-state index in [-0.39, 0.29) is 29.9 Å². The van der Waals surface area contributed by atoms with Crippen LogP contribution in [0.5, 0.6) is 5.75 Å². The van der Waals surface area contributed by atoms with Gasteiger partial charge in [0.05, 0.1) is 53.3 Å². The number of rotatable bonds is 9. The highest BCUT2D eigenvalue weighted by atomic mass is 19.4. The van der Waals surface area contributed by atoms with Gasteiger partial charge >= 0.3 is 12.2 Å². The van der Waals surface area contributed by atoms with Gasteiger partial charge in [0.1, 0.15) is 17.9 Å². The monoisotopic (exact) mass is 827 g/mol. The van der Waals surface area contributed by atoms with E-state index in [0.717, 1.165) is 92.9 Å². The molecule has 3 aromatic heterocycles. The van der Waals surface area contributed by atoms with Crippen LogP contribution in [0, 0.1) is 28.1 Å². The summed E-state index contributed by atoms with van der Waals surface area (Å²) in [5, 5.41) is 20.2. The second-order valence-corrected chi connectivity index (χ2v) is 17.5. The molecule has 60 heavy (non-hydrogen) atoms. The maximum Gasteiger partial charge on any atom is 0.419 e. The van der Waals surface area contributed by atoms with Crippen LogP contribution in [0.25, 0.3) is 10.9 Å². The average Bonchev–Trinajstić information content (AvgIpc) is 3.67. The number of anilines is 2. The van der Waals surface area contributed by atoms with E-state index in [1.165, 1.54) is 6.07 Å². The molecule has 6 heterocycles. The van der Waals surface area contributed by atoms with Gasteiger partial charge in [0.2, 0.25) is 11.7 Å². The summed E-state index contributed by atoms with van der Waals surface area (Å²) in [5.74, 6) is -0.240. The SMILES string of the molecule is CC1(C)[C@H](NC(=O)c2ncc(N3CCC(CN4CCC(n5ncc6c(N7CCC(=O)NC7=O)cccc65)CC4)CC3)cn2)C(C)(C)[C@H]1Oc1cnc(C#N)c(C(F)(F)F)c1. The van der Waals surface area contributed by atoms with Crippen molar-refractivity contribution in [3.05, 3.63) is 66.1 Å². The molecular formula is C42H48F3N11O4. The number of alkyl halides is 3. The highest BCUT2D eigenvalue weighted by molar-refractivity contribution is 6.09. The fourth-order valence-electron chi connectivity index (χ4n) is 10.0. The molecule has 4 aromatic rings. The molecule has 0 spiro atoms. The van der Waals surface area contributed by atoms with Crippen molar-refractivity contribution in [2.24, 2.45) is 16.7 Å². The van der Waals surface area contributed by atoms with Crippen molar-refractivity contribution in [3.8, 4) is 11.8 Å². The topological polar surface area (TPSA) is 174 Å². The third-order valence-electron chi connectivity index (χ3n) is 12.8. The standard InChI is InChI=1S/C42H48F3N11O4/c1-40(2)37(41(3,4)38(40)60-28-18-30(42(43,44)45)31(19-46)47-22-28)52-36(58)35-48-20-27(21-49-35)54-15-8-25(9-16-54)24-53-13-10-26(11-14-53)56-33-7-5-6-32(29(33)23-50-56)55-17-12-34(57)51-39(55)59/h5-7,18,20-23,25-26,37-38H,8-17,24H2,1-4H3,(H,52,58)(H,51,57,59)/t37-,38-. The van der Waals surface area contributed by atoms with Crippen LogP contribution in [0.1, 0.15) is 87.7 Å². The third kappa shape index (κ3) is 7.70. The van der Waals surface area contributed by atoms with Crippen LogP contribution in [-0.2, 0) is 11.0 Å². The van der Waals surface area contributed by atoms with Crippen LogP contribution in [0.15, 0.2) is 49.1 Å². The molecule has 1 aromatic carbocycles. The number of pyridine rings is 1. The minimum atomic E-state index is -4.76. The van der Waals surface area contributed by atoms with Gasteiger partial charge in [0.25, 0.3) is 5.91 Å². The molecule has 316 valence electrons. The lowest BCUT2D eigenvalue weighted by atomic mass is 9.49. The molecule has 0 atom stereocenters. The Bertz CT molecular complexity index is 2310. The molecule has 2 N–H and O–H groups in total. The number of hydrogen-bond donors (Lipinski definition) is 2. The van der Waals surface area contributed by atoms with Gasteiger partial charge < -0.3 is 19.9 Å². The van der Waals surface area contributed by atoms with Crippen LogP contribution >= 0.6 is 0 Å². The van der Waals surface area contributed by atoms with Crippen molar-refractivity contribution in [1.82, 2.24) is 40.3 Å². The van der Waals surface area contributed by atoms with E-state index in [0.29, 0.717) is 12.5 Å². The first-order chi connectivity index (χ1) is 28.5. The normalized spacial score (nSPS) is 22.6. The second-order valence-electron chi connectivity index (χ2n) is 17.5. The number of piperidine rings is 2. The summed E-state index contributed by atoms with van der Waals surface area (Å²) in [4.78, 5) is 56.5. The number of nitrogens with one attached hydrogen (secondary N) is 2. The fourth-order valence-corrected chi connectivity index (χ4v) is 10.0. The quantitative estimate of drug-likeness (QED) is 0.211. The predicted molar refractivity (Wildman–Crippen MR) is 214 cm³/mol. The number of ether oxygens (including phenoxy) is 1. The first kappa shape index (κ1) is 40.9. The summed E-state index contributed by atoms with van der Waals surface area (Å²) >= 11 is 0. The van der Waals surface area contributed by atoms with E-state index in [9.17, 15) is 27.6 Å². The first-order valence-corrected chi connectivity index (χ1v) is 20.4. The molecule has 0 bridgehead atoms. The highest BCUT2D eigenvalue weighted by Gasteiger charge is 2.64. The van der Waals surface area contributed by atoms with Gasteiger partial charge in [-0.2, -0.15) is 23.5 Å². The average molecular weight is 828 g/mol. The summed E-state index contributed by atoms with van der Waals surface area (Å²) in [7, 11) is 0. The van der Waals surface area contributed by atoms with Gasteiger partial charge in [-0.1, -0.05) is 33.8 Å². The Morgan fingerprint density at radius 3 is 2.32 bits per heavy atom. The van der Waals surface area contributed by atoms with Gasteiger partial charge in [-0.15, -0.1) is 0 Å². The van der Waals surface area contributed by atoms with Crippen molar-refractivity contribution in [2.75, 3.05) is 49.1 Å². The van der Waals surface area contributed by atoms with E-state index in [4.69, 9.17) is 15.1 Å². The van der Waals surface area contributed by atoms with Gasteiger partial charge in [0, 0.05) is 67.9 Å². The van der Waals surface area contributed by atoms with Crippen molar-refractivity contribution >= 4 is 40.1 Å². The Balaban J connectivity index is 0.804. The molecule has 4 fully saturated rings. The van der Waals surface area contributed by atoms with Gasteiger partial charge in [0.15, 0.2) is 5.69 Å². The number of aromatic nitrogens is 5. The number of likely N-dealkylation sites (tertiary alicyclic amines) is 1. The first-order valence-electron chi connectivity index (χ1n) is 20.4. The zero-order chi connectivity index (χ0) is 42.6. The molecule has 15 nitrogen and oxygen atoms in total. The number of fused-ring (bicyclic) bond motifs is 1. The number of hydrogen-bond acceptors (Lipinski definition) is 11. The Kier molecular flexibility index (Phi) is 10.7. The van der Waals surface area contributed by atoms with Crippen LogP contribution in [0.2, 0.25) is 0 Å². The zero-order valence-electron chi connectivity index (χ0n) is 34.0. The smallest absolute Gasteiger partial charge is 0.419 e. The maximum atomic E-state index is 13.6. The van der Waals surface area contributed by atoms with E-state index >= 15 is 0 Å². The number of halogens is 3. The van der Waals surface area contributed by atoms with Crippen LogP contribution < -0.4 is 25.2 Å². The summed E-state index contributed by atoms with van der Waals surface area (Å²) < 4.78 is 48.8. The Labute approximate surface area is 345 Å². The summed E-state index contributed by atoms with van der Waals surface area (Å²) in [6.45, 7) is 12.5. The van der Waals surface area contributed by atoms with Crippen molar-refractivity contribution in [3.63, 3.8) is 0 Å². The minimum Gasteiger partial charge on any atom is -0.488 e. The van der Waals surface area contributed by atoms with Crippen molar-refractivity contribution in [2.45, 2.75) is 84.2 Å². The third-order valence-corrected chi connectivity index (χ3v) is 12.8. The number of carbonyl (C=O) groups excluding carboxylic acids is 3. The molecule has 1 saturated carbocycles. The molecule has 0 radical (unpaired) electrons. The van der Waals surface area contributed by atoms with Crippen LogP contribution in [0.4, 0.5) is 29.3 Å². The van der Waals surface area contributed by atoms with Gasteiger partial charge in [-0.05, 0) is 49.8 Å². The molecule has 3 saturated heterocycles. The molecule has 1 aliphatic carbocycles. The molecule has 4 aliphatic rings. The predicted octanol–water partition coefficient (Wildman–Crippen LogP) is 5.72. The number of nitrogens with zero attached hydrogens (tertiary/aromatic N) is 9. The lowest BCUT2D eigenvalue weighted by Crippen LogP contribution is -2.74. The number of carbonyl (C=O) groups is 3. The van der Waals surface area contributed by atoms with E-state index in [1.807, 2.05) is 52.1 Å². The summed E-state index contributed by atoms with van der Waals surface area (Å²) in [6, 6.07) is 7.59. The minimum absolute atomic E-state index is 0.0229. The highest BCUT2D eigenvalue weighted by Crippen LogP contribution is 2.55. The maximum absolute atomic E-state index is 13.6. The van der Waals surface area contributed by atoms with Crippen molar-refractivity contribution in [1.29, 1.82) is 5.26 Å². The summed E-state index contributed by atoms with van der Waals surface area (Å²) in [6.07, 6.45) is 5.22. The van der Waals surface area contributed by atoms with Crippen molar-refractivity contribution < 1.29 is 32.3 Å². The molecule has 8 rings (SSSR count). The van der Waals surface area contributed by atoms with Gasteiger partial charge in [-0.25, -0.2) is 19.7 Å². The number of benzene rings is 1. The fraction of sp³-hybridized carbons (Fsp3) is 0.524. The largest absolute Gasteiger partial charge is 0.488 e. The lowest BCUT2D eigenvalue weighted by molar-refractivity contribution is -0.165. The van der Waals surface area contributed by atoms with E-state index < -0.39 is 52.3 Å². The summed E-state index contributed by atoms with van der Waals surface area (Å²) in [5.41, 5.74) is -0.639. The number of imide groups is 1. The van der Waals surface area contributed by atoms with Gasteiger partial charge in [-0.3, -0.25) is 24.5 Å². The molecule has 0 unspecified atom stereocenters. The van der Waals surface area contributed by atoms with E-state index in [1.54, 1.807) is 17.3 Å². The number of amides is 4. The molecule has 3 aliphatic heterocycles. The lowest BCUT2D eigenvalue weighted by Gasteiger charge is -2.62. The molecule has 18 heteroatoms. The van der Waals surface area contributed by atoms with E-state index in [2.05, 4.69) is 40.1 Å². The molecule has 4 amide bonds. The number of nitriles is 1. The van der Waals surface area contributed by atoms with Crippen LogP contribution in [0.3, 0.4) is 0 Å². The van der Waals surface area contributed by atoms with Crippen LogP contribution in [-0.4, -0.2) is 98.9 Å². The Morgan fingerprint density at radius 2 is 1.67 bits per heavy atom. The zero-order valence-corrected chi connectivity index (χ0v) is 34.0. The Hall–Kier alpha value is -5.83. The molecular weight excluding hydrogens is 780 g/mol. The Morgan fingerprint density at radius 1 is 0.967 bits per heavy atom.